The summed E-state index contributed by atoms with van der Waals surface area (Å²) < 4.78 is 12.3. The van der Waals surface area contributed by atoms with Gasteiger partial charge in [0.1, 0.15) is 28.2 Å². The monoisotopic (exact) mass is 430 g/mol. The maximum atomic E-state index is 12.9. The minimum atomic E-state index is -0.898. The van der Waals surface area contributed by atoms with Crippen LogP contribution < -0.4 is 10.3 Å². The van der Waals surface area contributed by atoms with Gasteiger partial charge in [-0.05, 0) is 56.9 Å². The molecule has 0 bridgehead atoms. The number of carbonyl (C=O) groups is 1. The molecule has 0 spiro atoms. The highest BCUT2D eigenvalue weighted by Gasteiger charge is 2.21. The summed E-state index contributed by atoms with van der Waals surface area (Å²) in [5.74, 6) is 0.295. The van der Waals surface area contributed by atoms with Crippen LogP contribution in [0.5, 0.6) is 5.75 Å². The molecule has 1 unspecified atom stereocenters. The second kappa shape index (κ2) is 8.97. The summed E-state index contributed by atoms with van der Waals surface area (Å²) in [5.41, 5.74) is 3.39. The third-order valence-electron chi connectivity index (χ3n) is 5.08. The van der Waals surface area contributed by atoms with Crippen LogP contribution in [0.15, 0.2) is 23.3 Å². The van der Waals surface area contributed by atoms with Crippen molar-refractivity contribution in [2.24, 2.45) is 0 Å². The van der Waals surface area contributed by atoms with E-state index in [9.17, 15) is 14.7 Å². The van der Waals surface area contributed by atoms with Gasteiger partial charge in [0.25, 0.3) is 5.56 Å². The summed E-state index contributed by atoms with van der Waals surface area (Å²) in [6.45, 7) is 9.73. The van der Waals surface area contributed by atoms with Crippen LogP contribution in [0.25, 0.3) is 10.2 Å². The van der Waals surface area contributed by atoms with Gasteiger partial charge in [0.2, 0.25) is 0 Å². The topological polar surface area (TPSA) is 90.7 Å². The standard InChI is InChI=1S/C22H26N2O5S/c1-6-28-22(27)19-15(5)17-20(30-19)23-11-24(21(17)26)9-16(25)10-29-18-13(3)8-7-12(2)14(18)4/h7-8,11,16,25H,6,9-10H2,1-5H3. The molecule has 0 saturated heterocycles. The first-order valence-corrected chi connectivity index (χ1v) is 10.6. The highest BCUT2D eigenvalue weighted by Crippen LogP contribution is 2.28. The van der Waals surface area contributed by atoms with Crippen molar-refractivity contribution in [3.63, 3.8) is 0 Å². The van der Waals surface area contributed by atoms with E-state index in [2.05, 4.69) is 4.98 Å². The van der Waals surface area contributed by atoms with Gasteiger partial charge >= 0.3 is 5.97 Å². The molecular weight excluding hydrogens is 404 g/mol. The zero-order valence-corrected chi connectivity index (χ0v) is 18.6. The molecule has 2 aromatic heterocycles. The molecule has 0 radical (unpaired) electrons. The maximum Gasteiger partial charge on any atom is 0.348 e. The zero-order chi connectivity index (χ0) is 22.0. The van der Waals surface area contributed by atoms with Crippen LogP contribution in [-0.4, -0.2) is 39.9 Å². The van der Waals surface area contributed by atoms with Crippen molar-refractivity contribution in [2.75, 3.05) is 13.2 Å². The molecule has 0 aliphatic heterocycles. The summed E-state index contributed by atoms with van der Waals surface area (Å²) in [6, 6.07) is 4.01. The van der Waals surface area contributed by atoms with Gasteiger partial charge in [0.15, 0.2) is 0 Å². The molecule has 0 saturated carbocycles. The number of ether oxygens (including phenoxy) is 2. The molecule has 0 aliphatic carbocycles. The second-order valence-corrected chi connectivity index (χ2v) is 8.28. The molecular formula is C22H26N2O5S. The normalized spacial score (nSPS) is 12.2. The third-order valence-corrected chi connectivity index (χ3v) is 6.26. The Morgan fingerprint density at radius 3 is 2.60 bits per heavy atom. The van der Waals surface area contributed by atoms with Crippen LogP contribution >= 0.6 is 11.3 Å². The molecule has 2 heterocycles. The number of aliphatic hydroxyl groups excluding tert-OH is 1. The van der Waals surface area contributed by atoms with E-state index in [4.69, 9.17) is 9.47 Å². The lowest BCUT2D eigenvalue weighted by atomic mass is 10.1. The summed E-state index contributed by atoms with van der Waals surface area (Å²) in [4.78, 5) is 30.2. The Labute approximate surface area is 178 Å². The van der Waals surface area contributed by atoms with E-state index in [0.717, 1.165) is 33.8 Å². The maximum absolute atomic E-state index is 12.9. The molecule has 160 valence electrons. The van der Waals surface area contributed by atoms with Crippen LogP contribution in [0.1, 0.15) is 38.8 Å². The molecule has 3 aromatic rings. The van der Waals surface area contributed by atoms with Crippen molar-refractivity contribution in [3.8, 4) is 5.75 Å². The lowest BCUT2D eigenvalue weighted by molar-refractivity contribution is 0.0531. The lowest BCUT2D eigenvalue weighted by Crippen LogP contribution is -2.30. The predicted molar refractivity (Wildman–Crippen MR) is 117 cm³/mol. The minimum Gasteiger partial charge on any atom is -0.490 e. The second-order valence-electron chi connectivity index (χ2n) is 7.28. The first-order valence-electron chi connectivity index (χ1n) is 9.77. The van der Waals surface area contributed by atoms with E-state index < -0.39 is 12.1 Å². The zero-order valence-electron chi connectivity index (χ0n) is 17.8. The van der Waals surface area contributed by atoms with Gasteiger partial charge in [-0.1, -0.05) is 12.1 Å². The number of thiophene rings is 1. The number of aromatic nitrogens is 2. The van der Waals surface area contributed by atoms with Crippen LogP contribution in [0.2, 0.25) is 0 Å². The van der Waals surface area contributed by atoms with Gasteiger partial charge in [-0.25, -0.2) is 9.78 Å². The fraction of sp³-hybridized carbons (Fsp3) is 0.409. The Hall–Kier alpha value is -2.71. The van der Waals surface area contributed by atoms with Crippen molar-refractivity contribution in [2.45, 2.75) is 47.3 Å². The van der Waals surface area contributed by atoms with E-state index in [1.54, 1.807) is 13.8 Å². The molecule has 7 nitrogen and oxygen atoms in total. The molecule has 1 N–H and O–H groups in total. The van der Waals surface area contributed by atoms with Crippen LogP contribution in [0, 0.1) is 27.7 Å². The Balaban J connectivity index is 1.80. The van der Waals surface area contributed by atoms with Crippen LogP contribution in [-0.2, 0) is 11.3 Å². The average Bonchev–Trinajstić information content (AvgIpc) is 3.04. The predicted octanol–water partition coefficient (Wildman–Crippen LogP) is 3.31. The fourth-order valence-electron chi connectivity index (χ4n) is 3.29. The number of nitrogens with zero attached hydrogens (tertiary/aromatic N) is 2. The Kier molecular flexibility index (Phi) is 6.58. The number of carbonyl (C=O) groups excluding carboxylic acids is 1. The van der Waals surface area contributed by atoms with Gasteiger partial charge in [0.05, 0.1) is 24.9 Å². The largest absolute Gasteiger partial charge is 0.490 e. The summed E-state index contributed by atoms with van der Waals surface area (Å²) in [7, 11) is 0. The number of benzene rings is 1. The van der Waals surface area contributed by atoms with Crippen molar-refractivity contribution < 1.29 is 19.4 Å². The number of hydrogen-bond donors (Lipinski definition) is 1. The highest BCUT2D eigenvalue weighted by molar-refractivity contribution is 7.20. The van der Waals surface area contributed by atoms with Crippen molar-refractivity contribution in [1.29, 1.82) is 0 Å². The number of rotatable bonds is 7. The molecule has 0 fully saturated rings. The summed E-state index contributed by atoms with van der Waals surface area (Å²) in [6.07, 6.45) is 0.492. The number of hydrogen-bond acceptors (Lipinski definition) is 7. The van der Waals surface area contributed by atoms with Gasteiger partial charge in [-0.2, -0.15) is 0 Å². The highest BCUT2D eigenvalue weighted by atomic mass is 32.1. The number of aryl methyl sites for hydroxylation is 3. The van der Waals surface area contributed by atoms with E-state index >= 15 is 0 Å². The Morgan fingerprint density at radius 1 is 1.20 bits per heavy atom. The minimum absolute atomic E-state index is 0.0374. The van der Waals surface area contributed by atoms with Crippen molar-refractivity contribution in [1.82, 2.24) is 9.55 Å². The SMILES string of the molecule is CCOC(=O)c1sc2ncn(CC(O)COc3c(C)ccc(C)c3C)c(=O)c2c1C. The molecule has 8 heteroatoms. The Bertz CT molecular complexity index is 1150. The molecule has 0 aliphatic rings. The summed E-state index contributed by atoms with van der Waals surface area (Å²) >= 11 is 1.14. The number of fused-ring (bicyclic) bond motifs is 1. The first kappa shape index (κ1) is 22.0. The molecule has 1 atom stereocenters. The van der Waals surface area contributed by atoms with Crippen LogP contribution in [0.4, 0.5) is 0 Å². The quantitative estimate of drug-likeness (QED) is 0.579. The van der Waals surface area contributed by atoms with E-state index in [1.807, 2.05) is 32.9 Å². The van der Waals surface area contributed by atoms with Crippen LogP contribution in [0.3, 0.4) is 0 Å². The van der Waals surface area contributed by atoms with Gasteiger partial charge in [0, 0.05) is 0 Å². The van der Waals surface area contributed by atoms with E-state index in [1.165, 1.54) is 10.9 Å². The molecule has 30 heavy (non-hydrogen) atoms. The average molecular weight is 431 g/mol. The van der Waals surface area contributed by atoms with E-state index in [0.29, 0.717) is 20.7 Å². The van der Waals surface area contributed by atoms with Crippen molar-refractivity contribution >= 4 is 27.5 Å². The lowest BCUT2D eigenvalue weighted by Gasteiger charge is -2.17. The van der Waals surface area contributed by atoms with Gasteiger partial charge in [-0.15, -0.1) is 11.3 Å². The Morgan fingerprint density at radius 2 is 1.90 bits per heavy atom. The third kappa shape index (κ3) is 4.24. The van der Waals surface area contributed by atoms with Gasteiger partial charge in [-0.3, -0.25) is 9.36 Å². The smallest absolute Gasteiger partial charge is 0.348 e. The molecule has 3 rings (SSSR count). The fourth-order valence-corrected chi connectivity index (χ4v) is 4.32. The van der Waals surface area contributed by atoms with Crippen molar-refractivity contribution in [3.05, 3.63) is 55.9 Å². The number of aliphatic hydroxyl groups is 1. The first-order chi connectivity index (χ1) is 14.2. The van der Waals surface area contributed by atoms with E-state index in [-0.39, 0.29) is 25.3 Å². The number of esters is 1. The summed E-state index contributed by atoms with van der Waals surface area (Å²) in [5, 5.41) is 10.8. The molecule has 1 aromatic carbocycles. The molecule has 0 amide bonds. The van der Waals surface area contributed by atoms with Gasteiger partial charge < -0.3 is 14.6 Å².